The Balaban J connectivity index is 3.01. The van der Waals surface area contributed by atoms with Crippen molar-refractivity contribution in [3.63, 3.8) is 0 Å². The molecule has 1 aromatic rings. The van der Waals surface area contributed by atoms with Crippen LogP contribution in [0.4, 0.5) is 5.69 Å². The van der Waals surface area contributed by atoms with Gasteiger partial charge in [-0.2, -0.15) is 0 Å². The van der Waals surface area contributed by atoms with Crippen LogP contribution in [0.25, 0.3) is 0 Å². The summed E-state index contributed by atoms with van der Waals surface area (Å²) in [7, 11) is 0. The maximum absolute atomic E-state index is 10.2. The summed E-state index contributed by atoms with van der Waals surface area (Å²) < 4.78 is 0. The summed E-state index contributed by atoms with van der Waals surface area (Å²) in [6.07, 6.45) is 0. The van der Waals surface area contributed by atoms with Crippen LogP contribution in [0.15, 0.2) is 29.2 Å². The van der Waals surface area contributed by atoms with Gasteiger partial charge in [-0.1, -0.05) is 12.1 Å². The molecule has 0 spiro atoms. The van der Waals surface area contributed by atoms with Crippen molar-refractivity contribution >= 4 is 18.3 Å². The quantitative estimate of drug-likeness (QED) is 0.337. The molecule has 0 radical (unpaired) electrons. The Morgan fingerprint density at radius 3 is 2.44 bits per heavy atom. The van der Waals surface area contributed by atoms with Crippen LogP contribution in [-0.2, 0) is 0 Å². The van der Waals surface area contributed by atoms with Crippen LogP contribution in [0.5, 0.6) is 0 Å². The first-order valence-corrected chi connectivity index (χ1v) is 3.02. The van der Waals surface area contributed by atoms with Gasteiger partial charge in [0.25, 0.3) is 0 Å². The molecule has 48 valence electrons. The fourth-order valence-electron chi connectivity index (χ4n) is 0.587. The summed E-state index contributed by atoms with van der Waals surface area (Å²) in [4.78, 5) is 0.729. The van der Waals surface area contributed by atoms with Crippen molar-refractivity contribution in [1.29, 1.82) is 0 Å². The highest BCUT2D eigenvalue weighted by Crippen LogP contribution is 2.12. The lowest BCUT2D eigenvalue weighted by atomic mass is 10.3. The van der Waals surface area contributed by atoms with Gasteiger partial charge in [0.15, 0.2) is 0 Å². The molecule has 1 aromatic carbocycles. The average Bonchev–Trinajstić information content (AvgIpc) is 1.89. The summed E-state index contributed by atoms with van der Waals surface area (Å²) in [6, 6.07) is 7.17. The van der Waals surface area contributed by atoms with Gasteiger partial charge in [0.1, 0.15) is 5.69 Å². The molecule has 0 aliphatic carbocycles. The zero-order valence-electron chi connectivity index (χ0n) is 4.74. The van der Waals surface area contributed by atoms with Crippen molar-refractivity contribution in [2.45, 2.75) is 4.90 Å². The van der Waals surface area contributed by atoms with Gasteiger partial charge in [-0.3, -0.25) is 0 Å². The molecule has 0 aromatic heterocycles. The highest BCUT2D eigenvalue weighted by molar-refractivity contribution is 7.80. The maximum atomic E-state index is 10.2. The van der Waals surface area contributed by atoms with E-state index in [0.29, 0.717) is 5.69 Å². The van der Waals surface area contributed by atoms with E-state index < -0.39 is 0 Å². The molecule has 0 saturated heterocycles. The third-order valence-electron chi connectivity index (χ3n) is 1.06. The van der Waals surface area contributed by atoms with Gasteiger partial charge in [0.05, 0.1) is 4.90 Å². The molecule has 9 heavy (non-hydrogen) atoms. The van der Waals surface area contributed by atoms with E-state index in [1.807, 2.05) is 12.1 Å². The summed E-state index contributed by atoms with van der Waals surface area (Å²) in [5.41, 5.74) is 1.43. The van der Waals surface area contributed by atoms with Gasteiger partial charge >= 0.3 is 0 Å². The summed E-state index contributed by atoms with van der Waals surface area (Å²) in [5, 5.41) is 10.2. The fourth-order valence-corrected chi connectivity index (χ4v) is 0.800. The van der Waals surface area contributed by atoms with E-state index in [4.69, 9.17) is 0 Å². The minimum Gasteiger partial charge on any atom is -0.630 e. The van der Waals surface area contributed by atoms with Crippen LogP contribution in [0.2, 0.25) is 0 Å². The minimum atomic E-state index is 0.640. The number of hydrogen-bond acceptors (Lipinski definition) is 2. The van der Waals surface area contributed by atoms with Crippen molar-refractivity contribution < 1.29 is 5.48 Å². The molecule has 0 atom stereocenters. The molecular formula is C6H7NOS. The SMILES string of the molecule is [O-][NH2+]c1ccccc1S. The largest absolute Gasteiger partial charge is 0.630 e. The highest BCUT2D eigenvalue weighted by atomic mass is 32.1. The van der Waals surface area contributed by atoms with E-state index in [1.165, 1.54) is 0 Å². The van der Waals surface area contributed by atoms with E-state index in [1.54, 1.807) is 12.1 Å². The molecule has 0 unspecified atom stereocenters. The number of thiol groups is 1. The Morgan fingerprint density at radius 1 is 1.33 bits per heavy atom. The van der Waals surface area contributed by atoms with Gasteiger partial charge in [-0.05, 0) is 6.07 Å². The summed E-state index contributed by atoms with van der Waals surface area (Å²) in [6.45, 7) is 0. The highest BCUT2D eigenvalue weighted by Gasteiger charge is 1.92. The van der Waals surface area contributed by atoms with Gasteiger partial charge in [0.2, 0.25) is 0 Å². The Morgan fingerprint density at radius 2 is 2.00 bits per heavy atom. The number of rotatable bonds is 1. The maximum Gasteiger partial charge on any atom is 0.143 e. The third-order valence-corrected chi connectivity index (χ3v) is 1.47. The van der Waals surface area contributed by atoms with Gasteiger partial charge < -0.3 is 10.7 Å². The third kappa shape index (κ3) is 1.45. The standard InChI is InChI=1S/C6H7NOS/c8-7-5-3-1-2-4-6(5)9/h1-4,9H,7H2. The molecular weight excluding hydrogens is 134 g/mol. The van der Waals surface area contributed by atoms with Crippen LogP contribution in [0, 0.1) is 5.21 Å². The Labute approximate surface area is 58.9 Å². The zero-order chi connectivity index (χ0) is 6.69. The van der Waals surface area contributed by atoms with Crippen LogP contribution in [-0.4, -0.2) is 0 Å². The van der Waals surface area contributed by atoms with Gasteiger partial charge in [-0.15, -0.1) is 12.6 Å². The molecule has 0 aliphatic rings. The van der Waals surface area contributed by atoms with E-state index in [9.17, 15) is 5.21 Å². The van der Waals surface area contributed by atoms with Crippen molar-refractivity contribution in [2.24, 2.45) is 0 Å². The molecule has 0 saturated carbocycles. The Kier molecular flexibility index (Phi) is 2.10. The van der Waals surface area contributed by atoms with Crippen LogP contribution in [0.1, 0.15) is 0 Å². The number of hydrogen-bond donors (Lipinski definition) is 2. The molecule has 0 amide bonds. The molecule has 2 nitrogen and oxygen atoms in total. The molecule has 0 heterocycles. The second-order valence-corrected chi connectivity index (χ2v) is 2.16. The first-order chi connectivity index (χ1) is 4.34. The van der Waals surface area contributed by atoms with Gasteiger partial charge in [0, 0.05) is 6.07 Å². The number of nitrogens with two attached hydrogens (primary N) is 1. The summed E-state index contributed by atoms with van der Waals surface area (Å²) in [5.74, 6) is 0. The van der Waals surface area contributed by atoms with Crippen molar-refractivity contribution in [2.75, 3.05) is 0 Å². The number of benzene rings is 1. The first kappa shape index (κ1) is 6.61. The predicted octanol–water partition coefficient (Wildman–Crippen LogP) is 0.668. The average molecular weight is 141 g/mol. The van der Waals surface area contributed by atoms with E-state index >= 15 is 0 Å². The molecule has 3 heteroatoms. The lowest BCUT2D eigenvalue weighted by molar-refractivity contribution is -0.499. The second-order valence-electron chi connectivity index (χ2n) is 1.68. The Bertz CT molecular complexity index is 202. The van der Waals surface area contributed by atoms with Crippen molar-refractivity contribution in [3.05, 3.63) is 29.5 Å². The van der Waals surface area contributed by atoms with E-state index in [-0.39, 0.29) is 0 Å². The molecule has 2 N–H and O–H groups in total. The Hall–Kier alpha value is -0.510. The minimum absolute atomic E-state index is 0.640. The monoisotopic (exact) mass is 141 g/mol. The number of quaternary nitrogens is 1. The first-order valence-electron chi connectivity index (χ1n) is 2.58. The predicted molar refractivity (Wildman–Crippen MR) is 38.6 cm³/mol. The summed E-state index contributed by atoms with van der Waals surface area (Å²) >= 11 is 4.05. The normalized spacial score (nSPS) is 9.56. The topological polar surface area (TPSA) is 39.7 Å². The molecule has 0 bridgehead atoms. The van der Waals surface area contributed by atoms with Crippen molar-refractivity contribution in [1.82, 2.24) is 0 Å². The van der Waals surface area contributed by atoms with Crippen LogP contribution < -0.4 is 5.48 Å². The molecule has 0 aliphatic heterocycles. The van der Waals surface area contributed by atoms with E-state index in [2.05, 4.69) is 12.6 Å². The van der Waals surface area contributed by atoms with Crippen LogP contribution >= 0.6 is 12.6 Å². The lowest BCUT2D eigenvalue weighted by Gasteiger charge is -2.01. The van der Waals surface area contributed by atoms with Crippen molar-refractivity contribution in [3.8, 4) is 0 Å². The lowest BCUT2D eigenvalue weighted by Crippen LogP contribution is -2.70. The van der Waals surface area contributed by atoms with E-state index in [0.717, 1.165) is 10.4 Å². The molecule has 1 rings (SSSR count). The molecule has 0 fully saturated rings. The second kappa shape index (κ2) is 2.87. The van der Waals surface area contributed by atoms with Crippen LogP contribution in [0.3, 0.4) is 0 Å². The smallest absolute Gasteiger partial charge is 0.143 e. The van der Waals surface area contributed by atoms with Gasteiger partial charge in [-0.25, -0.2) is 0 Å². The zero-order valence-corrected chi connectivity index (χ0v) is 5.64. The fraction of sp³-hybridized carbons (Fsp3) is 0.